The van der Waals surface area contributed by atoms with Gasteiger partial charge in [0.25, 0.3) is 0 Å². The number of hydrogen-bond donors (Lipinski definition) is 1. The highest BCUT2D eigenvalue weighted by molar-refractivity contribution is 14.0. The zero-order valence-corrected chi connectivity index (χ0v) is 22.0. The van der Waals surface area contributed by atoms with Crippen LogP contribution in [0.5, 0.6) is 11.5 Å². The van der Waals surface area contributed by atoms with E-state index in [-0.39, 0.29) is 29.9 Å². The zero-order chi connectivity index (χ0) is 22.1. The Kier molecular flexibility index (Phi) is 11.4. The lowest BCUT2D eigenvalue weighted by molar-refractivity contribution is -0.131. The van der Waals surface area contributed by atoms with Crippen LogP contribution < -0.4 is 14.8 Å². The Morgan fingerprint density at radius 3 is 2.38 bits per heavy atom. The second-order valence-corrected chi connectivity index (χ2v) is 7.94. The molecule has 9 heteroatoms. The first-order valence-electron chi connectivity index (χ1n) is 11.5. The molecule has 0 bridgehead atoms. The van der Waals surface area contributed by atoms with Gasteiger partial charge in [0.15, 0.2) is 17.5 Å². The van der Waals surface area contributed by atoms with Crippen LogP contribution in [0.15, 0.2) is 23.2 Å². The van der Waals surface area contributed by atoms with Crippen molar-refractivity contribution in [3.63, 3.8) is 0 Å². The third-order valence-electron chi connectivity index (χ3n) is 5.76. The number of methoxy groups -OCH3 is 1. The molecule has 0 spiro atoms. The van der Waals surface area contributed by atoms with Gasteiger partial charge in [-0.1, -0.05) is 6.07 Å². The van der Waals surface area contributed by atoms with Crippen LogP contribution in [0.4, 0.5) is 0 Å². The van der Waals surface area contributed by atoms with E-state index in [4.69, 9.17) is 14.5 Å². The van der Waals surface area contributed by atoms with Gasteiger partial charge in [-0.2, -0.15) is 0 Å². The second kappa shape index (κ2) is 13.7. The smallest absolute Gasteiger partial charge is 0.236 e. The average molecular weight is 559 g/mol. The molecule has 0 radical (unpaired) electrons. The minimum atomic E-state index is 0. The Morgan fingerprint density at radius 2 is 1.75 bits per heavy atom. The fourth-order valence-electron chi connectivity index (χ4n) is 4.06. The summed E-state index contributed by atoms with van der Waals surface area (Å²) in [4.78, 5) is 23.8. The zero-order valence-electron chi connectivity index (χ0n) is 19.6. The first-order chi connectivity index (χ1) is 15.1. The molecule has 0 unspecified atom stereocenters. The topological polar surface area (TPSA) is 69.6 Å². The van der Waals surface area contributed by atoms with Crippen LogP contribution >= 0.6 is 24.0 Å². The minimum Gasteiger partial charge on any atom is -0.493 e. The molecule has 2 saturated heterocycles. The summed E-state index contributed by atoms with van der Waals surface area (Å²) in [5.41, 5.74) is 1.08. The van der Waals surface area contributed by atoms with Crippen molar-refractivity contribution in [2.75, 3.05) is 66.1 Å². The Morgan fingerprint density at radius 1 is 1.03 bits per heavy atom. The van der Waals surface area contributed by atoms with Gasteiger partial charge in [-0.05, 0) is 44.4 Å². The maximum Gasteiger partial charge on any atom is 0.236 e. The number of halogens is 1. The molecule has 0 saturated carbocycles. The van der Waals surface area contributed by atoms with Crippen molar-refractivity contribution in [2.45, 2.75) is 33.2 Å². The number of carbonyl (C=O) groups excluding carboxylic acids is 1. The summed E-state index contributed by atoms with van der Waals surface area (Å²) >= 11 is 0. The van der Waals surface area contributed by atoms with Gasteiger partial charge in [0.1, 0.15) is 0 Å². The van der Waals surface area contributed by atoms with Crippen molar-refractivity contribution in [2.24, 2.45) is 4.99 Å². The van der Waals surface area contributed by atoms with E-state index in [0.29, 0.717) is 19.7 Å². The van der Waals surface area contributed by atoms with Crippen molar-refractivity contribution in [3.8, 4) is 11.5 Å². The van der Waals surface area contributed by atoms with E-state index in [1.54, 1.807) is 7.11 Å². The van der Waals surface area contributed by atoms with Gasteiger partial charge in [0, 0.05) is 45.8 Å². The number of aliphatic imine (C=N–C) groups is 1. The molecular formula is C23H38IN5O3. The van der Waals surface area contributed by atoms with Crippen LogP contribution in [-0.2, 0) is 11.3 Å². The standard InChI is InChI=1S/C23H37N5O3.HI/c1-4-24-23(25-17-19-8-9-20(30-3)21(16-19)31-5-2)28-14-12-26(13-15-28)18-22(29)27-10-6-7-11-27;/h8-9,16H,4-7,10-15,17-18H2,1-3H3,(H,24,25);1H. The highest BCUT2D eigenvalue weighted by Crippen LogP contribution is 2.28. The summed E-state index contributed by atoms with van der Waals surface area (Å²) in [6.07, 6.45) is 2.28. The molecule has 2 aliphatic heterocycles. The SMILES string of the molecule is CCNC(=NCc1ccc(OC)c(OCC)c1)N1CCN(CC(=O)N2CCCC2)CC1.I. The van der Waals surface area contributed by atoms with E-state index >= 15 is 0 Å². The van der Waals surface area contributed by atoms with Crippen LogP contribution in [0.2, 0.25) is 0 Å². The molecule has 180 valence electrons. The number of rotatable bonds is 8. The Bertz CT molecular complexity index is 747. The highest BCUT2D eigenvalue weighted by atomic mass is 127. The number of likely N-dealkylation sites (tertiary alicyclic amines) is 1. The number of ether oxygens (including phenoxy) is 2. The molecule has 1 amide bonds. The summed E-state index contributed by atoms with van der Waals surface area (Å²) in [5, 5.41) is 3.41. The molecule has 0 atom stereocenters. The van der Waals surface area contributed by atoms with Gasteiger partial charge >= 0.3 is 0 Å². The molecule has 0 aromatic heterocycles. The van der Waals surface area contributed by atoms with Gasteiger partial charge in [-0.25, -0.2) is 4.99 Å². The summed E-state index contributed by atoms with van der Waals surface area (Å²) in [7, 11) is 1.65. The Labute approximate surface area is 209 Å². The molecule has 0 aliphatic carbocycles. The third-order valence-corrected chi connectivity index (χ3v) is 5.76. The molecule has 1 aromatic rings. The molecule has 3 rings (SSSR count). The number of guanidine groups is 1. The van der Waals surface area contributed by atoms with E-state index in [1.807, 2.05) is 30.0 Å². The summed E-state index contributed by atoms with van der Waals surface area (Å²) in [6.45, 7) is 11.9. The van der Waals surface area contributed by atoms with Crippen molar-refractivity contribution >= 4 is 35.8 Å². The van der Waals surface area contributed by atoms with Gasteiger partial charge in [-0.3, -0.25) is 9.69 Å². The van der Waals surface area contributed by atoms with E-state index in [0.717, 1.165) is 81.7 Å². The lowest BCUT2D eigenvalue weighted by atomic mass is 10.2. The Balaban J connectivity index is 0.00000363. The van der Waals surface area contributed by atoms with Gasteiger partial charge in [-0.15, -0.1) is 24.0 Å². The van der Waals surface area contributed by atoms with E-state index in [9.17, 15) is 4.79 Å². The van der Waals surface area contributed by atoms with Crippen LogP contribution in [0, 0.1) is 0 Å². The van der Waals surface area contributed by atoms with Gasteiger partial charge in [0.05, 0.1) is 26.8 Å². The number of benzene rings is 1. The second-order valence-electron chi connectivity index (χ2n) is 7.94. The lowest BCUT2D eigenvalue weighted by Crippen LogP contribution is -2.54. The normalized spacial score (nSPS) is 17.2. The molecule has 2 heterocycles. The predicted molar refractivity (Wildman–Crippen MR) is 138 cm³/mol. The highest BCUT2D eigenvalue weighted by Gasteiger charge is 2.24. The molecule has 32 heavy (non-hydrogen) atoms. The fourth-order valence-corrected chi connectivity index (χ4v) is 4.06. The molecule has 1 N–H and O–H groups in total. The summed E-state index contributed by atoms with van der Waals surface area (Å²) in [6, 6.07) is 5.95. The van der Waals surface area contributed by atoms with Crippen molar-refractivity contribution < 1.29 is 14.3 Å². The first kappa shape index (κ1) is 26.5. The average Bonchev–Trinajstić information content (AvgIpc) is 3.33. The van der Waals surface area contributed by atoms with Gasteiger partial charge in [0.2, 0.25) is 5.91 Å². The Hall–Kier alpha value is -1.75. The van der Waals surface area contributed by atoms with Crippen LogP contribution in [0.1, 0.15) is 32.3 Å². The minimum absolute atomic E-state index is 0. The first-order valence-corrected chi connectivity index (χ1v) is 11.5. The third kappa shape index (κ3) is 7.40. The molecule has 2 aliphatic rings. The fraction of sp³-hybridized carbons (Fsp3) is 0.652. The van der Waals surface area contributed by atoms with Gasteiger partial charge < -0.3 is 24.6 Å². The number of amides is 1. The molecule has 2 fully saturated rings. The van der Waals surface area contributed by atoms with E-state index < -0.39 is 0 Å². The van der Waals surface area contributed by atoms with Crippen LogP contribution in [0.3, 0.4) is 0 Å². The maximum absolute atomic E-state index is 12.4. The number of nitrogens with zero attached hydrogens (tertiary/aromatic N) is 4. The lowest BCUT2D eigenvalue weighted by Gasteiger charge is -2.36. The van der Waals surface area contributed by atoms with E-state index in [2.05, 4.69) is 22.0 Å². The quantitative estimate of drug-likeness (QED) is 0.300. The summed E-state index contributed by atoms with van der Waals surface area (Å²) in [5.74, 6) is 2.68. The molecule has 8 nitrogen and oxygen atoms in total. The number of nitrogens with one attached hydrogen (secondary N) is 1. The largest absolute Gasteiger partial charge is 0.493 e. The number of piperazine rings is 1. The molecular weight excluding hydrogens is 521 g/mol. The predicted octanol–water partition coefficient (Wildman–Crippen LogP) is 2.42. The van der Waals surface area contributed by atoms with Crippen molar-refractivity contribution in [1.29, 1.82) is 0 Å². The molecule has 1 aromatic carbocycles. The van der Waals surface area contributed by atoms with Crippen molar-refractivity contribution in [3.05, 3.63) is 23.8 Å². The van der Waals surface area contributed by atoms with Crippen molar-refractivity contribution in [1.82, 2.24) is 20.0 Å². The monoisotopic (exact) mass is 559 g/mol. The maximum atomic E-state index is 12.4. The van der Waals surface area contributed by atoms with Crippen LogP contribution in [0.25, 0.3) is 0 Å². The number of hydrogen-bond acceptors (Lipinski definition) is 5. The number of carbonyl (C=O) groups is 1. The van der Waals surface area contributed by atoms with Crippen LogP contribution in [-0.4, -0.2) is 92.6 Å². The van der Waals surface area contributed by atoms with E-state index in [1.165, 1.54) is 0 Å². The summed E-state index contributed by atoms with van der Waals surface area (Å²) < 4.78 is 11.1.